The van der Waals surface area contributed by atoms with Crippen LogP contribution in [0.2, 0.25) is 5.02 Å². The van der Waals surface area contributed by atoms with Gasteiger partial charge in [0.1, 0.15) is 5.82 Å². The van der Waals surface area contributed by atoms with Gasteiger partial charge >= 0.3 is 0 Å². The summed E-state index contributed by atoms with van der Waals surface area (Å²) in [5.41, 5.74) is 8.03. The zero-order valence-corrected chi connectivity index (χ0v) is 12.7. The van der Waals surface area contributed by atoms with Gasteiger partial charge in [0.05, 0.1) is 5.02 Å². The Hall–Kier alpha value is -1.49. The summed E-state index contributed by atoms with van der Waals surface area (Å²) >= 11 is 5.85. The summed E-state index contributed by atoms with van der Waals surface area (Å²) in [4.78, 5) is 6.16. The van der Waals surface area contributed by atoms with E-state index in [2.05, 4.69) is 9.88 Å². The molecule has 2 N–H and O–H groups in total. The number of nitrogens with zero attached hydrogens (tertiary/aromatic N) is 2. The Labute approximate surface area is 129 Å². The third-order valence-electron chi connectivity index (χ3n) is 3.59. The van der Waals surface area contributed by atoms with Gasteiger partial charge in [-0.15, -0.1) is 0 Å². The van der Waals surface area contributed by atoms with Crippen LogP contribution in [-0.4, -0.2) is 30.0 Å². The lowest BCUT2D eigenvalue weighted by Gasteiger charge is -2.27. The molecule has 0 aliphatic heterocycles. The van der Waals surface area contributed by atoms with Crippen LogP contribution in [0.3, 0.4) is 0 Å². The van der Waals surface area contributed by atoms with Gasteiger partial charge in [-0.2, -0.15) is 0 Å². The lowest BCUT2D eigenvalue weighted by Crippen LogP contribution is -2.32. The van der Waals surface area contributed by atoms with Gasteiger partial charge in [-0.1, -0.05) is 17.7 Å². The van der Waals surface area contributed by atoms with Crippen molar-refractivity contribution in [3.63, 3.8) is 0 Å². The van der Waals surface area contributed by atoms with Crippen LogP contribution >= 0.6 is 11.6 Å². The third kappa shape index (κ3) is 4.24. The monoisotopic (exact) mass is 307 g/mol. The minimum atomic E-state index is -0.407. The Morgan fingerprint density at radius 3 is 2.62 bits per heavy atom. The fourth-order valence-corrected chi connectivity index (χ4v) is 2.49. The van der Waals surface area contributed by atoms with Gasteiger partial charge in [0.25, 0.3) is 0 Å². The minimum absolute atomic E-state index is 0.0185. The summed E-state index contributed by atoms with van der Waals surface area (Å²) in [5.74, 6) is -0.407. The summed E-state index contributed by atoms with van der Waals surface area (Å²) < 4.78 is 13.3. The third-order valence-corrected chi connectivity index (χ3v) is 3.88. The maximum absolute atomic E-state index is 13.3. The number of pyridine rings is 1. The molecule has 0 aliphatic rings. The molecule has 0 radical (unpaired) electrons. The number of hydrogen-bond donors (Lipinski definition) is 1. The number of aromatic nitrogens is 1. The number of hydrogen-bond acceptors (Lipinski definition) is 3. The molecule has 0 fully saturated rings. The van der Waals surface area contributed by atoms with Gasteiger partial charge in [0, 0.05) is 31.5 Å². The van der Waals surface area contributed by atoms with E-state index in [1.54, 1.807) is 24.5 Å². The quantitative estimate of drug-likeness (QED) is 0.892. The predicted octanol–water partition coefficient (Wildman–Crippen LogP) is 3.05. The number of likely N-dealkylation sites (N-methyl/N-ethyl adjacent to an activating group) is 1. The Morgan fingerprint density at radius 2 is 2.00 bits per heavy atom. The molecular formula is C16H19ClFN3. The molecule has 1 unspecified atom stereocenters. The summed E-state index contributed by atoms with van der Waals surface area (Å²) in [7, 11) is 2.01. The normalized spacial score (nSPS) is 12.6. The smallest absolute Gasteiger partial charge is 0.141 e. The molecule has 21 heavy (non-hydrogen) atoms. The van der Waals surface area contributed by atoms with Crippen LogP contribution in [0.5, 0.6) is 0 Å². The van der Waals surface area contributed by atoms with E-state index >= 15 is 0 Å². The molecule has 1 aromatic heterocycles. The molecular weight excluding hydrogens is 289 g/mol. The summed E-state index contributed by atoms with van der Waals surface area (Å²) in [6.07, 6.45) is 4.48. The van der Waals surface area contributed by atoms with Crippen molar-refractivity contribution in [2.75, 3.05) is 20.1 Å². The molecule has 5 heteroatoms. The van der Waals surface area contributed by atoms with Gasteiger partial charge in [0.15, 0.2) is 0 Å². The van der Waals surface area contributed by atoms with Crippen molar-refractivity contribution in [2.24, 2.45) is 5.73 Å². The molecule has 1 atom stereocenters. The molecule has 0 saturated heterocycles. The van der Waals surface area contributed by atoms with E-state index < -0.39 is 5.82 Å². The number of rotatable bonds is 6. The SMILES string of the molecule is CN(CCc1ccncc1)C(CN)c1ccc(F)c(Cl)c1. The average molecular weight is 308 g/mol. The van der Waals surface area contributed by atoms with E-state index in [0.717, 1.165) is 18.5 Å². The van der Waals surface area contributed by atoms with Gasteiger partial charge in [0.2, 0.25) is 0 Å². The minimum Gasteiger partial charge on any atom is -0.329 e. The highest BCUT2D eigenvalue weighted by atomic mass is 35.5. The fourth-order valence-electron chi connectivity index (χ4n) is 2.30. The van der Waals surface area contributed by atoms with E-state index in [4.69, 9.17) is 17.3 Å². The zero-order chi connectivity index (χ0) is 15.2. The second-order valence-electron chi connectivity index (χ2n) is 5.01. The van der Waals surface area contributed by atoms with Crippen LogP contribution in [-0.2, 0) is 6.42 Å². The van der Waals surface area contributed by atoms with Crippen LogP contribution in [0.25, 0.3) is 0 Å². The van der Waals surface area contributed by atoms with Crippen LogP contribution < -0.4 is 5.73 Å². The second-order valence-corrected chi connectivity index (χ2v) is 5.42. The first-order valence-electron chi connectivity index (χ1n) is 6.86. The van der Waals surface area contributed by atoms with Crippen molar-refractivity contribution in [2.45, 2.75) is 12.5 Å². The molecule has 3 nitrogen and oxygen atoms in total. The predicted molar refractivity (Wildman–Crippen MR) is 83.8 cm³/mol. The first-order valence-corrected chi connectivity index (χ1v) is 7.23. The summed E-state index contributed by atoms with van der Waals surface area (Å²) in [6, 6.07) is 8.79. The molecule has 0 aliphatic carbocycles. The van der Waals surface area contributed by atoms with Gasteiger partial charge in [-0.25, -0.2) is 4.39 Å². The van der Waals surface area contributed by atoms with E-state index in [0.29, 0.717) is 6.54 Å². The highest BCUT2D eigenvalue weighted by molar-refractivity contribution is 6.30. The van der Waals surface area contributed by atoms with Gasteiger partial charge < -0.3 is 5.73 Å². The molecule has 0 spiro atoms. The molecule has 1 aromatic carbocycles. The Morgan fingerprint density at radius 1 is 1.29 bits per heavy atom. The van der Waals surface area contributed by atoms with Crippen molar-refractivity contribution in [1.29, 1.82) is 0 Å². The summed E-state index contributed by atoms with van der Waals surface area (Å²) in [6.45, 7) is 1.30. The number of halogens is 2. The average Bonchev–Trinajstić information content (AvgIpc) is 2.50. The maximum atomic E-state index is 13.3. The molecule has 0 saturated carbocycles. The van der Waals surface area contributed by atoms with Gasteiger partial charge in [-0.3, -0.25) is 9.88 Å². The van der Waals surface area contributed by atoms with Crippen molar-refractivity contribution >= 4 is 11.6 Å². The highest BCUT2D eigenvalue weighted by Gasteiger charge is 2.16. The molecule has 112 valence electrons. The van der Waals surface area contributed by atoms with Gasteiger partial charge in [-0.05, 0) is 48.9 Å². The first-order chi connectivity index (χ1) is 10.1. The topological polar surface area (TPSA) is 42.2 Å². The standard InChI is InChI=1S/C16H19ClFN3/c1-21(9-6-12-4-7-20-8-5-12)16(11-19)13-2-3-15(18)14(17)10-13/h2-5,7-8,10,16H,6,9,11,19H2,1H3. The first kappa shape index (κ1) is 15.9. The van der Waals surface area contributed by atoms with E-state index in [1.807, 2.05) is 19.2 Å². The summed E-state index contributed by atoms with van der Waals surface area (Å²) in [5, 5.41) is 0.133. The lowest BCUT2D eigenvalue weighted by molar-refractivity contribution is 0.253. The maximum Gasteiger partial charge on any atom is 0.141 e. The fraction of sp³-hybridized carbons (Fsp3) is 0.312. The number of benzene rings is 1. The van der Waals surface area contributed by atoms with Crippen molar-refractivity contribution in [1.82, 2.24) is 9.88 Å². The van der Waals surface area contributed by atoms with Crippen molar-refractivity contribution in [3.05, 3.63) is 64.7 Å². The Bertz CT molecular complexity index is 577. The van der Waals surface area contributed by atoms with Crippen LogP contribution in [0, 0.1) is 5.82 Å². The molecule has 2 rings (SSSR count). The Kier molecular flexibility index (Phi) is 5.67. The van der Waals surface area contributed by atoms with Crippen LogP contribution in [0.1, 0.15) is 17.2 Å². The van der Waals surface area contributed by atoms with E-state index in [9.17, 15) is 4.39 Å². The molecule has 0 bridgehead atoms. The lowest BCUT2D eigenvalue weighted by atomic mass is 10.0. The highest BCUT2D eigenvalue weighted by Crippen LogP contribution is 2.24. The van der Waals surface area contributed by atoms with Crippen LogP contribution in [0.4, 0.5) is 4.39 Å². The number of nitrogens with two attached hydrogens (primary N) is 1. The van der Waals surface area contributed by atoms with E-state index in [1.165, 1.54) is 11.6 Å². The zero-order valence-electron chi connectivity index (χ0n) is 12.0. The van der Waals surface area contributed by atoms with Crippen LogP contribution in [0.15, 0.2) is 42.7 Å². The largest absolute Gasteiger partial charge is 0.329 e. The van der Waals surface area contributed by atoms with E-state index in [-0.39, 0.29) is 11.1 Å². The van der Waals surface area contributed by atoms with Crippen molar-refractivity contribution < 1.29 is 4.39 Å². The Balaban J connectivity index is 2.04. The van der Waals surface area contributed by atoms with Crippen molar-refractivity contribution in [3.8, 4) is 0 Å². The molecule has 1 heterocycles. The molecule has 2 aromatic rings. The molecule has 0 amide bonds. The second kappa shape index (κ2) is 7.50.